The van der Waals surface area contributed by atoms with E-state index in [1.807, 2.05) is 23.1 Å². The summed E-state index contributed by atoms with van der Waals surface area (Å²) in [4.78, 5) is 34.5. The molecule has 0 spiro atoms. The van der Waals surface area contributed by atoms with Crippen LogP contribution in [0.2, 0.25) is 0 Å². The van der Waals surface area contributed by atoms with Crippen LogP contribution in [0.15, 0.2) is 47.5 Å². The lowest BCUT2D eigenvalue weighted by atomic mass is 9.97. The number of benzene rings is 1. The van der Waals surface area contributed by atoms with E-state index >= 15 is 0 Å². The smallest absolute Gasteiger partial charge is 0.245 e. The van der Waals surface area contributed by atoms with Crippen molar-refractivity contribution in [3.05, 3.63) is 42.6 Å². The maximum absolute atomic E-state index is 13.6. The van der Waals surface area contributed by atoms with Crippen LogP contribution in [0.4, 0.5) is 5.82 Å². The molecule has 1 unspecified atom stereocenters. The van der Waals surface area contributed by atoms with Crippen molar-refractivity contribution in [2.75, 3.05) is 50.7 Å². The van der Waals surface area contributed by atoms with Gasteiger partial charge >= 0.3 is 0 Å². The minimum absolute atomic E-state index is 0.0542. The number of carbonyl (C=O) groups excluding carboxylic acids is 2. The fourth-order valence-electron chi connectivity index (χ4n) is 5.04. The standard InChI is InChI=1S/C25H31N7O4S2/c33-23-10-14-32(38(35,36)21-7-3-6-20-24(21)29-37-28-20)13-4-5-19(9-12-27-23)25(34)31-17-15-30(16-18-31)22-8-1-2-11-26-22/h1-3,6-8,11,19H,4-5,9-10,12-18H2,(H,27,33). The highest BCUT2D eigenvalue weighted by molar-refractivity contribution is 7.89. The highest BCUT2D eigenvalue weighted by Crippen LogP contribution is 2.26. The fourth-order valence-corrected chi connectivity index (χ4v) is 7.27. The number of hydrogen-bond acceptors (Lipinski definition) is 9. The molecule has 1 aromatic carbocycles. The van der Waals surface area contributed by atoms with Crippen LogP contribution in [-0.2, 0) is 19.6 Å². The molecule has 2 saturated heterocycles. The average Bonchev–Trinajstić information content (AvgIpc) is 3.41. The van der Waals surface area contributed by atoms with Gasteiger partial charge in [-0.1, -0.05) is 12.1 Å². The predicted molar refractivity (Wildman–Crippen MR) is 144 cm³/mol. The molecule has 202 valence electrons. The number of fused-ring (bicyclic) bond motifs is 1. The van der Waals surface area contributed by atoms with E-state index < -0.39 is 10.0 Å². The number of sulfonamides is 1. The Labute approximate surface area is 226 Å². The highest BCUT2D eigenvalue weighted by Gasteiger charge is 2.31. The third-order valence-corrected chi connectivity index (χ3v) is 9.62. The summed E-state index contributed by atoms with van der Waals surface area (Å²) in [5, 5.41) is 2.87. The molecule has 2 aromatic heterocycles. The third kappa shape index (κ3) is 5.79. The SMILES string of the molecule is O=C1CCN(S(=O)(=O)c2cccc3nsnc23)CCCC(C(=O)N2CCN(c3ccccn3)CC2)CCN1. The number of carbonyl (C=O) groups is 2. The van der Waals surface area contributed by atoms with E-state index in [1.165, 1.54) is 10.4 Å². The van der Waals surface area contributed by atoms with Crippen molar-refractivity contribution in [2.45, 2.75) is 30.6 Å². The van der Waals surface area contributed by atoms with Gasteiger partial charge in [0.15, 0.2) is 0 Å². The molecule has 2 aliphatic heterocycles. The van der Waals surface area contributed by atoms with Crippen molar-refractivity contribution in [3.8, 4) is 0 Å². The topological polar surface area (TPSA) is 129 Å². The molecule has 5 rings (SSSR count). The number of rotatable bonds is 4. The van der Waals surface area contributed by atoms with Crippen molar-refractivity contribution in [1.82, 2.24) is 28.3 Å². The predicted octanol–water partition coefficient (Wildman–Crippen LogP) is 1.73. The van der Waals surface area contributed by atoms with Gasteiger partial charge in [-0.2, -0.15) is 13.1 Å². The molecule has 2 fully saturated rings. The first-order chi connectivity index (χ1) is 18.4. The van der Waals surface area contributed by atoms with E-state index in [-0.39, 0.29) is 42.1 Å². The largest absolute Gasteiger partial charge is 0.356 e. The minimum Gasteiger partial charge on any atom is -0.356 e. The van der Waals surface area contributed by atoms with Crippen LogP contribution >= 0.6 is 11.7 Å². The van der Waals surface area contributed by atoms with Gasteiger partial charge in [0.25, 0.3) is 0 Å². The van der Waals surface area contributed by atoms with Crippen molar-refractivity contribution in [1.29, 1.82) is 0 Å². The zero-order valence-electron chi connectivity index (χ0n) is 21.0. The molecule has 1 N–H and O–H groups in total. The van der Waals surface area contributed by atoms with Crippen LogP contribution < -0.4 is 10.2 Å². The van der Waals surface area contributed by atoms with Gasteiger partial charge in [0.05, 0.1) is 11.7 Å². The van der Waals surface area contributed by atoms with E-state index in [2.05, 4.69) is 23.9 Å². The second kappa shape index (κ2) is 11.7. The first kappa shape index (κ1) is 26.4. The molecule has 2 aliphatic rings. The van der Waals surface area contributed by atoms with Gasteiger partial charge in [-0.25, -0.2) is 13.4 Å². The molecule has 13 heteroatoms. The summed E-state index contributed by atoms with van der Waals surface area (Å²) in [5.41, 5.74) is 0.870. The number of aromatic nitrogens is 3. The van der Waals surface area contributed by atoms with E-state index in [0.717, 1.165) is 17.5 Å². The van der Waals surface area contributed by atoms with Crippen LogP contribution in [0.25, 0.3) is 11.0 Å². The summed E-state index contributed by atoms with van der Waals surface area (Å²) in [6.45, 7) is 3.29. The molecule has 3 aromatic rings. The van der Waals surface area contributed by atoms with E-state index in [0.29, 0.717) is 63.0 Å². The van der Waals surface area contributed by atoms with E-state index in [4.69, 9.17) is 0 Å². The molecule has 2 amide bonds. The Balaban J connectivity index is 1.26. The Morgan fingerprint density at radius 3 is 2.61 bits per heavy atom. The van der Waals surface area contributed by atoms with Crippen LogP contribution in [0.1, 0.15) is 25.7 Å². The number of hydrogen-bond donors (Lipinski definition) is 1. The van der Waals surface area contributed by atoms with Crippen LogP contribution in [0.5, 0.6) is 0 Å². The second-order valence-electron chi connectivity index (χ2n) is 9.52. The number of nitrogens with zero attached hydrogens (tertiary/aromatic N) is 6. The van der Waals surface area contributed by atoms with Gasteiger partial charge in [0.2, 0.25) is 21.8 Å². The number of anilines is 1. The van der Waals surface area contributed by atoms with E-state index in [1.54, 1.807) is 18.3 Å². The molecule has 11 nitrogen and oxygen atoms in total. The number of nitrogens with one attached hydrogen (secondary N) is 1. The molecule has 4 heterocycles. The van der Waals surface area contributed by atoms with Crippen molar-refractivity contribution >= 4 is 50.4 Å². The normalized spacial score (nSPS) is 20.6. The number of pyridine rings is 1. The first-order valence-corrected chi connectivity index (χ1v) is 15.0. The third-order valence-electron chi connectivity index (χ3n) is 7.14. The fraction of sp³-hybridized carbons (Fsp3) is 0.480. The lowest BCUT2D eigenvalue weighted by Gasteiger charge is -2.37. The number of piperazine rings is 1. The Kier molecular flexibility index (Phi) is 8.15. The second-order valence-corrected chi connectivity index (χ2v) is 12.0. The van der Waals surface area contributed by atoms with Gasteiger partial charge in [-0.15, -0.1) is 0 Å². The van der Waals surface area contributed by atoms with Crippen molar-refractivity contribution < 1.29 is 18.0 Å². The Morgan fingerprint density at radius 2 is 1.82 bits per heavy atom. The van der Waals surface area contributed by atoms with Gasteiger partial charge in [0, 0.05) is 64.3 Å². The first-order valence-electron chi connectivity index (χ1n) is 12.9. The van der Waals surface area contributed by atoms with Crippen molar-refractivity contribution in [3.63, 3.8) is 0 Å². The molecule has 0 radical (unpaired) electrons. The summed E-state index contributed by atoms with van der Waals surface area (Å²) >= 11 is 0.967. The summed E-state index contributed by atoms with van der Waals surface area (Å²) in [6.07, 6.45) is 3.41. The lowest BCUT2D eigenvalue weighted by Crippen LogP contribution is -2.51. The quantitative estimate of drug-likeness (QED) is 0.514. The zero-order valence-corrected chi connectivity index (χ0v) is 22.7. The summed E-state index contributed by atoms with van der Waals surface area (Å²) < 4.78 is 36.9. The molecule has 0 aliphatic carbocycles. The zero-order chi connectivity index (χ0) is 26.5. The molecule has 1 atom stereocenters. The lowest BCUT2D eigenvalue weighted by molar-refractivity contribution is -0.136. The Hall–Kier alpha value is -3.16. The van der Waals surface area contributed by atoms with Gasteiger partial charge in [0.1, 0.15) is 21.7 Å². The molecule has 0 bridgehead atoms. The van der Waals surface area contributed by atoms with Crippen LogP contribution in [-0.4, -0.2) is 89.0 Å². The Morgan fingerprint density at radius 1 is 0.974 bits per heavy atom. The monoisotopic (exact) mass is 557 g/mol. The minimum atomic E-state index is -3.90. The van der Waals surface area contributed by atoms with Crippen LogP contribution in [0, 0.1) is 5.92 Å². The maximum atomic E-state index is 13.6. The van der Waals surface area contributed by atoms with Gasteiger partial charge in [-0.3, -0.25) is 9.59 Å². The molecule has 38 heavy (non-hydrogen) atoms. The van der Waals surface area contributed by atoms with E-state index in [9.17, 15) is 18.0 Å². The van der Waals surface area contributed by atoms with Crippen molar-refractivity contribution in [2.24, 2.45) is 5.92 Å². The van der Waals surface area contributed by atoms with Gasteiger partial charge < -0.3 is 15.1 Å². The van der Waals surface area contributed by atoms with Gasteiger partial charge in [-0.05, 0) is 43.5 Å². The van der Waals surface area contributed by atoms with Crippen LogP contribution in [0.3, 0.4) is 0 Å². The summed E-state index contributed by atoms with van der Waals surface area (Å²) in [7, 11) is -3.90. The number of amides is 2. The highest BCUT2D eigenvalue weighted by atomic mass is 32.2. The summed E-state index contributed by atoms with van der Waals surface area (Å²) in [6, 6.07) is 10.7. The Bertz CT molecular complexity index is 1370. The summed E-state index contributed by atoms with van der Waals surface area (Å²) in [5.74, 6) is 0.455. The average molecular weight is 558 g/mol. The maximum Gasteiger partial charge on any atom is 0.245 e. The molecular weight excluding hydrogens is 526 g/mol. The molecule has 0 saturated carbocycles. The molecular formula is C25H31N7O4S2.